The highest BCUT2D eigenvalue weighted by Crippen LogP contribution is 2.23. The van der Waals surface area contributed by atoms with E-state index in [1.807, 2.05) is 0 Å². The summed E-state index contributed by atoms with van der Waals surface area (Å²) in [6, 6.07) is 3.59. The maximum atomic E-state index is 13.7. The molecule has 1 heterocycles. The summed E-state index contributed by atoms with van der Waals surface area (Å²) in [6.07, 6.45) is 0. The van der Waals surface area contributed by atoms with Crippen LogP contribution < -0.4 is 5.32 Å². The second-order valence-corrected chi connectivity index (χ2v) is 5.27. The molecule has 2 aromatic rings. The molecular formula is C13H11FN2O3S. The number of carboxylic acid groups (broad SMARTS) is 1. The van der Waals surface area contributed by atoms with Crippen LogP contribution in [0.3, 0.4) is 0 Å². The fraction of sp³-hybridized carbons (Fsp3) is 0.154. The molecule has 0 saturated carbocycles. The summed E-state index contributed by atoms with van der Waals surface area (Å²) in [6.45, 7) is 3.41. The maximum absolute atomic E-state index is 13.7. The Morgan fingerprint density at radius 2 is 2.05 bits per heavy atom. The number of anilines is 1. The number of thiazole rings is 1. The van der Waals surface area contributed by atoms with E-state index < -0.39 is 17.7 Å². The molecule has 0 atom stereocenters. The summed E-state index contributed by atoms with van der Waals surface area (Å²) < 4.78 is 13.7. The average Bonchev–Trinajstić information content (AvgIpc) is 2.70. The van der Waals surface area contributed by atoms with Crippen LogP contribution in [-0.4, -0.2) is 22.0 Å². The fourth-order valence-electron chi connectivity index (χ4n) is 1.74. The van der Waals surface area contributed by atoms with Crippen molar-refractivity contribution in [2.24, 2.45) is 0 Å². The number of hydrogen-bond donors (Lipinski definition) is 2. The Morgan fingerprint density at radius 3 is 2.60 bits per heavy atom. The lowest BCUT2D eigenvalue weighted by atomic mass is 10.1. The highest BCUT2D eigenvalue weighted by molar-refractivity contribution is 7.13. The summed E-state index contributed by atoms with van der Waals surface area (Å²) in [5.74, 6) is -2.67. The molecule has 0 fully saturated rings. The molecule has 0 bridgehead atoms. The van der Waals surface area contributed by atoms with Crippen molar-refractivity contribution in [2.45, 2.75) is 13.8 Å². The summed E-state index contributed by atoms with van der Waals surface area (Å²) in [5.41, 5.74) is -0.106. The first-order valence-corrected chi connectivity index (χ1v) is 6.49. The molecule has 2 rings (SSSR count). The molecule has 0 radical (unpaired) electrons. The lowest BCUT2D eigenvalue weighted by Gasteiger charge is -2.08. The van der Waals surface area contributed by atoms with E-state index in [1.165, 1.54) is 23.5 Å². The van der Waals surface area contributed by atoms with Crippen molar-refractivity contribution in [1.29, 1.82) is 0 Å². The molecule has 104 valence electrons. The number of carbonyl (C=O) groups excluding carboxylic acids is 1. The molecule has 5 nitrogen and oxygen atoms in total. The molecule has 0 saturated heterocycles. The third-order valence-electron chi connectivity index (χ3n) is 2.59. The van der Waals surface area contributed by atoms with Crippen molar-refractivity contribution < 1.29 is 19.1 Å². The van der Waals surface area contributed by atoms with Crippen molar-refractivity contribution >= 4 is 28.9 Å². The Balaban J connectivity index is 2.37. The van der Waals surface area contributed by atoms with Gasteiger partial charge >= 0.3 is 5.97 Å². The number of aryl methyl sites for hydroxylation is 2. The van der Waals surface area contributed by atoms with Crippen molar-refractivity contribution in [3.63, 3.8) is 0 Å². The summed E-state index contributed by atoms with van der Waals surface area (Å²) in [4.78, 5) is 27.5. The average molecular weight is 294 g/mol. The van der Waals surface area contributed by atoms with Crippen LogP contribution in [0.15, 0.2) is 18.2 Å². The van der Waals surface area contributed by atoms with E-state index in [9.17, 15) is 14.0 Å². The highest BCUT2D eigenvalue weighted by Gasteiger charge is 2.20. The first-order valence-electron chi connectivity index (χ1n) is 5.67. The molecular weight excluding hydrogens is 283 g/mol. The third-order valence-corrected chi connectivity index (χ3v) is 3.66. The second-order valence-electron chi connectivity index (χ2n) is 4.07. The summed E-state index contributed by atoms with van der Waals surface area (Å²) >= 11 is 1.17. The molecule has 7 heteroatoms. The minimum atomic E-state index is -1.31. The van der Waals surface area contributed by atoms with Crippen LogP contribution >= 0.6 is 11.3 Å². The zero-order chi connectivity index (χ0) is 14.9. The standard InChI is InChI=1S/C13H11FN2O3S/c1-6-11(20-7(2)15-6)12(17)16-10-8(13(18)19)4-3-5-9(10)14/h3-5H,1-2H3,(H,16,17)(H,18,19). The van der Waals surface area contributed by atoms with Crippen molar-refractivity contribution in [1.82, 2.24) is 4.98 Å². The molecule has 0 aliphatic carbocycles. The van der Waals surface area contributed by atoms with Gasteiger partial charge in [0.1, 0.15) is 10.7 Å². The van der Waals surface area contributed by atoms with E-state index in [0.717, 1.165) is 6.07 Å². The van der Waals surface area contributed by atoms with Crippen molar-refractivity contribution in [2.75, 3.05) is 5.32 Å². The van der Waals surface area contributed by atoms with Gasteiger partial charge in [-0.1, -0.05) is 6.07 Å². The molecule has 0 aliphatic heterocycles. The summed E-state index contributed by atoms with van der Waals surface area (Å²) in [5, 5.41) is 12.0. The number of halogens is 1. The molecule has 1 amide bonds. The van der Waals surface area contributed by atoms with E-state index in [1.54, 1.807) is 13.8 Å². The van der Waals surface area contributed by atoms with Crippen LogP contribution in [0, 0.1) is 19.7 Å². The van der Waals surface area contributed by atoms with Gasteiger partial charge in [-0.2, -0.15) is 0 Å². The van der Waals surface area contributed by atoms with Gasteiger partial charge in [0.25, 0.3) is 5.91 Å². The predicted molar refractivity (Wildman–Crippen MR) is 72.9 cm³/mol. The molecule has 0 unspecified atom stereocenters. The Bertz CT molecular complexity index is 697. The van der Waals surface area contributed by atoms with Gasteiger partial charge in [-0.05, 0) is 26.0 Å². The number of rotatable bonds is 3. The van der Waals surface area contributed by atoms with E-state index in [2.05, 4.69) is 10.3 Å². The van der Waals surface area contributed by atoms with Gasteiger partial charge in [-0.3, -0.25) is 4.79 Å². The molecule has 20 heavy (non-hydrogen) atoms. The van der Waals surface area contributed by atoms with E-state index in [4.69, 9.17) is 5.11 Å². The van der Waals surface area contributed by atoms with Crippen molar-refractivity contribution in [3.05, 3.63) is 45.2 Å². The smallest absolute Gasteiger partial charge is 0.337 e. The third kappa shape index (κ3) is 2.67. The van der Waals surface area contributed by atoms with Crippen LogP contribution in [0.5, 0.6) is 0 Å². The van der Waals surface area contributed by atoms with Crippen LogP contribution in [0.25, 0.3) is 0 Å². The van der Waals surface area contributed by atoms with Gasteiger partial charge in [0.2, 0.25) is 0 Å². The Hall–Kier alpha value is -2.28. The van der Waals surface area contributed by atoms with Gasteiger partial charge in [-0.25, -0.2) is 14.2 Å². The topological polar surface area (TPSA) is 79.3 Å². The molecule has 0 aliphatic rings. The first kappa shape index (κ1) is 14.1. The lowest BCUT2D eigenvalue weighted by molar-refractivity contribution is 0.0697. The zero-order valence-electron chi connectivity index (χ0n) is 10.7. The molecule has 2 N–H and O–H groups in total. The number of aromatic carboxylic acids is 1. The first-order chi connectivity index (χ1) is 9.40. The number of nitrogens with one attached hydrogen (secondary N) is 1. The number of amides is 1. The Labute approximate surface area is 118 Å². The van der Waals surface area contributed by atoms with Gasteiger partial charge in [0.05, 0.1) is 22.0 Å². The van der Waals surface area contributed by atoms with Crippen LogP contribution in [-0.2, 0) is 0 Å². The van der Waals surface area contributed by atoms with Gasteiger partial charge in [-0.15, -0.1) is 11.3 Å². The number of nitrogens with zero attached hydrogens (tertiary/aromatic N) is 1. The van der Waals surface area contributed by atoms with Crippen LogP contribution in [0.1, 0.15) is 30.7 Å². The quantitative estimate of drug-likeness (QED) is 0.912. The Morgan fingerprint density at radius 1 is 1.35 bits per heavy atom. The number of carbonyl (C=O) groups is 2. The largest absolute Gasteiger partial charge is 0.478 e. The number of aromatic nitrogens is 1. The zero-order valence-corrected chi connectivity index (χ0v) is 11.5. The van der Waals surface area contributed by atoms with Crippen molar-refractivity contribution in [3.8, 4) is 0 Å². The molecule has 1 aromatic carbocycles. The monoisotopic (exact) mass is 294 g/mol. The van der Waals surface area contributed by atoms with Gasteiger partial charge in [0.15, 0.2) is 0 Å². The second kappa shape index (κ2) is 5.38. The SMILES string of the molecule is Cc1nc(C)c(C(=O)Nc2c(F)cccc2C(=O)O)s1. The maximum Gasteiger partial charge on any atom is 0.337 e. The summed E-state index contributed by atoms with van der Waals surface area (Å²) in [7, 11) is 0. The van der Waals surface area contributed by atoms with E-state index in [-0.39, 0.29) is 11.3 Å². The number of para-hydroxylation sites is 1. The fourth-order valence-corrected chi connectivity index (χ4v) is 2.56. The van der Waals surface area contributed by atoms with Gasteiger partial charge < -0.3 is 10.4 Å². The minimum Gasteiger partial charge on any atom is -0.478 e. The van der Waals surface area contributed by atoms with Crippen LogP contribution in [0.4, 0.5) is 10.1 Å². The van der Waals surface area contributed by atoms with E-state index >= 15 is 0 Å². The Kier molecular flexibility index (Phi) is 3.80. The van der Waals surface area contributed by atoms with E-state index in [0.29, 0.717) is 15.6 Å². The normalized spacial score (nSPS) is 10.3. The number of benzene rings is 1. The highest BCUT2D eigenvalue weighted by atomic mass is 32.1. The number of hydrogen-bond acceptors (Lipinski definition) is 4. The number of carboxylic acids is 1. The molecule has 1 aromatic heterocycles. The molecule has 0 spiro atoms. The van der Waals surface area contributed by atoms with Gasteiger partial charge in [0, 0.05) is 0 Å². The predicted octanol–water partition coefficient (Wildman–Crippen LogP) is 2.85. The van der Waals surface area contributed by atoms with Crippen LogP contribution in [0.2, 0.25) is 0 Å². The minimum absolute atomic E-state index is 0.294. The lowest BCUT2D eigenvalue weighted by Crippen LogP contribution is -2.16.